The Kier molecular flexibility index (Phi) is 4.15. The molecule has 22 heavy (non-hydrogen) atoms. The van der Waals surface area contributed by atoms with Gasteiger partial charge in [-0.1, -0.05) is 15.9 Å². The number of carbonyl (C=O) groups is 1. The fourth-order valence-electron chi connectivity index (χ4n) is 2.36. The molecule has 112 valence electrons. The van der Waals surface area contributed by atoms with Crippen LogP contribution in [0.3, 0.4) is 0 Å². The molecule has 0 bridgehead atoms. The van der Waals surface area contributed by atoms with Gasteiger partial charge < -0.3 is 15.0 Å². The highest BCUT2D eigenvalue weighted by Crippen LogP contribution is 2.21. The number of amides is 1. The van der Waals surface area contributed by atoms with Crippen molar-refractivity contribution in [2.75, 3.05) is 5.32 Å². The Bertz CT molecular complexity index is 809. The van der Waals surface area contributed by atoms with Crippen LogP contribution in [-0.2, 0) is 11.3 Å². The largest absolute Gasteiger partial charge is 0.508 e. The molecule has 2 aromatic carbocycles. The van der Waals surface area contributed by atoms with E-state index in [1.165, 1.54) is 0 Å². The maximum Gasteiger partial charge on any atom is 0.226 e. The molecule has 5 heteroatoms. The van der Waals surface area contributed by atoms with E-state index < -0.39 is 0 Å². The van der Waals surface area contributed by atoms with Crippen LogP contribution in [0.1, 0.15) is 6.42 Å². The van der Waals surface area contributed by atoms with E-state index in [2.05, 4.69) is 31.9 Å². The lowest BCUT2D eigenvalue weighted by Crippen LogP contribution is -2.14. The zero-order valence-corrected chi connectivity index (χ0v) is 13.4. The fourth-order valence-corrected chi connectivity index (χ4v) is 2.74. The van der Waals surface area contributed by atoms with Crippen LogP contribution in [0.2, 0.25) is 0 Å². The van der Waals surface area contributed by atoms with E-state index in [-0.39, 0.29) is 11.7 Å². The molecule has 2 N–H and O–H groups in total. The minimum absolute atomic E-state index is 0.0512. The predicted molar refractivity (Wildman–Crippen MR) is 91.0 cm³/mol. The number of hydrogen-bond acceptors (Lipinski definition) is 2. The standard InChI is InChI=1S/C17H15BrN2O2/c18-13-1-6-16-12(11-13)7-9-20(16)10-8-17(22)19-14-2-4-15(21)5-3-14/h1-7,9,11,21H,8,10H2,(H,19,22). The van der Waals surface area contributed by atoms with Crippen molar-refractivity contribution in [1.29, 1.82) is 0 Å². The van der Waals surface area contributed by atoms with Gasteiger partial charge in [0.05, 0.1) is 0 Å². The molecule has 3 aromatic rings. The second kappa shape index (κ2) is 6.23. The number of phenolic OH excluding ortho intramolecular Hbond substituents is 1. The normalized spacial score (nSPS) is 10.8. The molecule has 0 atom stereocenters. The third kappa shape index (κ3) is 3.31. The molecule has 4 nitrogen and oxygen atoms in total. The molecule has 0 aliphatic carbocycles. The molecule has 0 saturated carbocycles. The van der Waals surface area contributed by atoms with Crippen molar-refractivity contribution in [3.63, 3.8) is 0 Å². The smallest absolute Gasteiger partial charge is 0.226 e. The Morgan fingerprint density at radius 2 is 1.91 bits per heavy atom. The first-order chi connectivity index (χ1) is 10.6. The molecular formula is C17H15BrN2O2. The fraction of sp³-hybridized carbons (Fsp3) is 0.118. The highest BCUT2D eigenvalue weighted by atomic mass is 79.9. The number of carbonyl (C=O) groups excluding carboxylic acids is 1. The Hall–Kier alpha value is -2.27. The van der Waals surface area contributed by atoms with Gasteiger partial charge in [0.1, 0.15) is 5.75 Å². The summed E-state index contributed by atoms with van der Waals surface area (Å²) in [5.41, 5.74) is 1.80. The average Bonchev–Trinajstić information content (AvgIpc) is 2.89. The van der Waals surface area contributed by atoms with Crippen molar-refractivity contribution in [2.45, 2.75) is 13.0 Å². The highest BCUT2D eigenvalue weighted by molar-refractivity contribution is 9.10. The SMILES string of the molecule is O=C(CCn1ccc2cc(Br)ccc21)Nc1ccc(O)cc1. The second-order valence-electron chi connectivity index (χ2n) is 5.06. The summed E-state index contributed by atoms with van der Waals surface area (Å²) in [6, 6.07) is 14.6. The van der Waals surface area contributed by atoms with Gasteiger partial charge in [0.15, 0.2) is 0 Å². The van der Waals surface area contributed by atoms with Gasteiger partial charge in [0.2, 0.25) is 5.91 Å². The minimum Gasteiger partial charge on any atom is -0.508 e. The Morgan fingerprint density at radius 1 is 1.14 bits per heavy atom. The first kappa shape index (κ1) is 14.7. The van der Waals surface area contributed by atoms with Crippen LogP contribution in [0, 0.1) is 0 Å². The monoisotopic (exact) mass is 358 g/mol. The summed E-state index contributed by atoms with van der Waals surface area (Å²) in [4.78, 5) is 12.0. The van der Waals surface area contributed by atoms with E-state index in [1.54, 1.807) is 24.3 Å². The average molecular weight is 359 g/mol. The number of hydrogen-bond donors (Lipinski definition) is 2. The number of aryl methyl sites for hydroxylation is 1. The number of aromatic nitrogens is 1. The summed E-state index contributed by atoms with van der Waals surface area (Å²) in [6.07, 6.45) is 2.38. The molecular weight excluding hydrogens is 344 g/mol. The lowest BCUT2D eigenvalue weighted by atomic mass is 10.2. The van der Waals surface area contributed by atoms with Crippen LogP contribution in [0.15, 0.2) is 59.2 Å². The molecule has 1 heterocycles. The van der Waals surface area contributed by atoms with Gasteiger partial charge in [-0.25, -0.2) is 0 Å². The van der Waals surface area contributed by atoms with E-state index >= 15 is 0 Å². The number of fused-ring (bicyclic) bond motifs is 1. The summed E-state index contributed by atoms with van der Waals surface area (Å²) >= 11 is 3.45. The molecule has 1 amide bonds. The maximum absolute atomic E-state index is 12.0. The van der Waals surface area contributed by atoms with Crippen molar-refractivity contribution in [1.82, 2.24) is 4.57 Å². The van der Waals surface area contributed by atoms with E-state index in [9.17, 15) is 9.90 Å². The molecule has 0 aliphatic heterocycles. The van der Waals surface area contributed by atoms with Crippen molar-refractivity contribution in [2.24, 2.45) is 0 Å². The van der Waals surface area contributed by atoms with E-state index in [0.717, 1.165) is 15.4 Å². The van der Waals surface area contributed by atoms with Crippen molar-refractivity contribution >= 4 is 38.4 Å². The van der Waals surface area contributed by atoms with Gasteiger partial charge in [-0.05, 0) is 48.5 Å². The van der Waals surface area contributed by atoms with Crippen LogP contribution in [0.4, 0.5) is 5.69 Å². The molecule has 0 aliphatic rings. The second-order valence-corrected chi connectivity index (χ2v) is 5.97. The van der Waals surface area contributed by atoms with Gasteiger partial charge in [0, 0.05) is 40.2 Å². The molecule has 1 aromatic heterocycles. The quantitative estimate of drug-likeness (QED) is 0.688. The van der Waals surface area contributed by atoms with Gasteiger partial charge in [-0.3, -0.25) is 4.79 Å². The number of halogens is 1. The summed E-state index contributed by atoms with van der Waals surface area (Å²) in [5.74, 6) is 0.132. The van der Waals surface area contributed by atoms with E-state index in [0.29, 0.717) is 18.7 Å². The van der Waals surface area contributed by atoms with Crippen LogP contribution in [-0.4, -0.2) is 15.6 Å². The Balaban J connectivity index is 1.63. The summed E-state index contributed by atoms with van der Waals surface area (Å²) in [5, 5.41) is 13.2. The van der Waals surface area contributed by atoms with Crippen molar-refractivity contribution < 1.29 is 9.90 Å². The van der Waals surface area contributed by atoms with Crippen LogP contribution in [0.5, 0.6) is 5.75 Å². The lowest BCUT2D eigenvalue weighted by Gasteiger charge is -2.07. The summed E-state index contributed by atoms with van der Waals surface area (Å²) < 4.78 is 3.11. The van der Waals surface area contributed by atoms with Crippen LogP contribution >= 0.6 is 15.9 Å². The number of nitrogens with one attached hydrogen (secondary N) is 1. The van der Waals surface area contributed by atoms with Crippen LogP contribution < -0.4 is 5.32 Å². The van der Waals surface area contributed by atoms with E-state index in [4.69, 9.17) is 0 Å². The number of phenols is 1. The molecule has 0 unspecified atom stereocenters. The lowest BCUT2D eigenvalue weighted by molar-refractivity contribution is -0.116. The number of nitrogens with zero attached hydrogens (tertiary/aromatic N) is 1. The third-order valence-electron chi connectivity index (χ3n) is 3.46. The van der Waals surface area contributed by atoms with Crippen molar-refractivity contribution in [3.05, 3.63) is 59.2 Å². The van der Waals surface area contributed by atoms with E-state index in [1.807, 2.05) is 24.4 Å². The number of anilines is 1. The predicted octanol–water partition coefficient (Wildman–Crippen LogP) is 4.14. The first-order valence-corrected chi connectivity index (χ1v) is 7.74. The summed E-state index contributed by atoms with van der Waals surface area (Å²) in [7, 11) is 0. The summed E-state index contributed by atoms with van der Waals surface area (Å²) in [6.45, 7) is 0.620. The zero-order chi connectivity index (χ0) is 15.5. The van der Waals surface area contributed by atoms with Crippen molar-refractivity contribution in [3.8, 4) is 5.75 Å². The highest BCUT2D eigenvalue weighted by Gasteiger charge is 2.06. The van der Waals surface area contributed by atoms with Gasteiger partial charge in [0.25, 0.3) is 0 Å². The van der Waals surface area contributed by atoms with Crippen LogP contribution in [0.25, 0.3) is 10.9 Å². The minimum atomic E-state index is -0.0512. The topological polar surface area (TPSA) is 54.3 Å². The number of rotatable bonds is 4. The molecule has 0 radical (unpaired) electrons. The molecule has 0 saturated heterocycles. The maximum atomic E-state index is 12.0. The molecule has 0 spiro atoms. The zero-order valence-electron chi connectivity index (χ0n) is 11.8. The molecule has 3 rings (SSSR count). The molecule has 0 fully saturated rings. The van der Waals surface area contributed by atoms with Gasteiger partial charge in [-0.2, -0.15) is 0 Å². The Morgan fingerprint density at radius 3 is 2.68 bits per heavy atom. The van der Waals surface area contributed by atoms with Gasteiger partial charge >= 0.3 is 0 Å². The number of benzene rings is 2. The third-order valence-corrected chi connectivity index (χ3v) is 3.96. The first-order valence-electron chi connectivity index (χ1n) is 6.95. The Labute approximate surface area is 136 Å². The van der Waals surface area contributed by atoms with Gasteiger partial charge in [-0.15, -0.1) is 0 Å². The number of aromatic hydroxyl groups is 1.